The van der Waals surface area contributed by atoms with Crippen LogP contribution in [0.15, 0.2) is 54.6 Å². The summed E-state index contributed by atoms with van der Waals surface area (Å²) in [7, 11) is 0. The number of hydrogen-bond acceptors (Lipinski definition) is 3. The van der Waals surface area contributed by atoms with Crippen LogP contribution in [0.1, 0.15) is 37.4 Å². The first-order valence-electron chi connectivity index (χ1n) is 9.50. The molecule has 1 aliphatic carbocycles. The number of aryl methyl sites for hydroxylation is 2. The van der Waals surface area contributed by atoms with Gasteiger partial charge >= 0.3 is 0 Å². The van der Waals surface area contributed by atoms with E-state index in [0.717, 1.165) is 23.8 Å². The van der Waals surface area contributed by atoms with Crippen LogP contribution in [-0.2, 0) is 24.2 Å². The molecule has 3 amide bonds. The van der Waals surface area contributed by atoms with Crippen LogP contribution in [-0.4, -0.2) is 24.3 Å². The first kappa shape index (κ1) is 18.7. The van der Waals surface area contributed by atoms with Gasteiger partial charge in [0.05, 0.1) is 6.54 Å². The van der Waals surface area contributed by atoms with Crippen molar-refractivity contribution in [2.24, 2.45) is 5.73 Å². The molecule has 3 aromatic carbocycles. The minimum atomic E-state index is -0.597. The van der Waals surface area contributed by atoms with Gasteiger partial charge in [-0.15, -0.1) is 0 Å². The van der Waals surface area contributed by atoms with Crippen molar-refractivity contribution in [3.63, 3.8) is 0 Å². The summed E-state index contributed by atoms with van der Waals surface area (Å²) in [5, 5.41) is 7.60. The van der Waals surface area contributed by atoms with E-state index in [1.165, 1.54) is 16.5 Å². The number of rotatable bonds is 6. The number of nitrogens with two attached hydrogens (primary N) is 1. The van der Waals surface area contributed by atoms with Gasteiger partial charge in [-0.05, 0) is 58.5 Å². The fraction of sp³-hybridized carbons (Fsp3) is 0.174. The molecule has 0 saturated heterocycles. The Morgan fingerprint density at radius 1 is 0.828 bits per heavy atom. The van der Waals surface area contributed by atoms with Crippen LogP contribution in [0.5, 0.6) is 0 Å². The molecule has 0 radical (unpaired) electrons. The molecule has 0 atom stereocenters. The maximum atomic E-state index is 12.8. The molecule has 0 bridgehead atoms. The Morgan fingerprint density at radius 3 is 2.28 bits per heavy atom. The average molecular weight is 387 g/mol. The third-order valence-corrected chi connectivity index (χ3v) is 5.21. The Hall–Kier alpha value is -3.67. The molecule has 146 valence electrons. The van der Waals surface area contributed by atoms with Crippen LogP contribution in [0.25, 0.3) is 10.8 Å². The fourth-order valence-corrected chi connectivity index (χ4v) is 3.77. The third kappa shape index (κ3) is 3.82. The van der Waals surface area contributed by atoms with Gasteiger partial charge in [0.1, 0.15) is 0 Å². The number of primary amides is 1. The molecule has 1 aliphatic rings. The highest BCUT2D eigenvalue weighted by molar-refractivity contribution is 6.09. The minimum Gasteiger partial charge on any atom is -0.368 e. The Labute approximate surface area is 168 Å². The second-order valence-electron chi connectivity index (χ2n) is 7.14. The number of benzene rings is 3. The van der Waals surface area contributed by atoms with Crippen molar-refractivity contribution in [1.82, 2.24) is 10.6 Å². The van der Waals surface area contributed by atoms with Crippen molar-refractivity contribution >= 4 is 28.5 Å². The Balaban J connectivity index is 1.44. The van der Waals surface area contributed by atoms with E-state index in [1.54, 1.807) is 24.3 Å². The molecule has 0 heterocycles. The first-order valence-corrected chi connectivity index (χ1v) is 9.50. The molecule has 4 N–H and O–H groups in total. The summed E-state index contributed by atoms with van der Waals surface area (Å²) in [4.78, 5) is 35.4. The van der Waals surface area contributed by atoms with Crippen LogP contribution in [0, 0.1) is 0 Å². The summed E-state index contributed by atoms with van der Waals surface area (Å²) in [6.45, 7) is 0.149. The monoisotopic (exact) mass is 387 g/mol. The summed E-state index contributed by atoms with van der Waals surface area (Å²) in [6, 6.07) is 16.9. The van der Waals surface area contributed by atoms with Crippen molar-refractivity contribution < 1.29 is 14.4 Å². The maximum Gasteiger partial charge on any atom is 0.252 e. The first-order chi connectivity index (χ1) is 14.0. The largest absolute Gasteiger partial charge is 0.368 e. The smallest absolute Gasteiger partial charge is 0.252 e. The van der Waals surface area contributed by atoms with Crippen molar-refractivity contribution in [3.05, 3.63) is 82.4 Å². The van der Waals surface area contributed by atoms with Crippen molar-refractivity contribution in [2.45, 2.75) is 19.4 Å². The van der Waals surface area contributed by atoms with Gasteiger partial charge in [0, 0.05) is 17.7 Å². The minimum absolute atomic E-state index is 0.121. The van der Waals surface area contributed by atoms with Gasteiger partial charge in [-0.25, -0.2) is 0 Å². The van der Waals surface area contributed by atoms with E-state index in [9.17, 15) is 14.4 Å². The molecule has 6 nitrogen and oxygen atoms in total. The van der Waals surface area contributed by atoms with Gasteiger partial charge < -0.3 is 16.4 Å². The molecule has 4 rings (SSSR count). The Morgan fingerprint density at radius 2 is 1.55 bits per heavy atom. The zero-order valence-corrected chi connectivity index (χ0v) is 15.8. The number of nitrogens with one attached hydrogen (secondary N) is 2. The van der Waals surface area contributed by atoms with Gasteiger partial charge in [-0.1, -0.05) is 36.4 Å². The Bertz CT molecular complexity index is 1110. The molecule has 0 spiro atoms. The molecule has 0 saturated carbocycles. The molecular formula is C23H21N3O3. The SMILES string of the molecule is NC(=O)CNC(=O)c1ccc(CNC(=O)c2ccc3c4c(cccc24)CC3)cc1. The Kier molecular flexibility index (Phi) is 4.99. The normalized spacial score (nSPS) is 12.0. The van der Waals surface area contributed by atoms with Gasteiger partial charge in [-0.3, -0.25) is 14.4 Å². The quantitative estimate of drug-likeness (QED) is 0.604. The third-order valence-electron chi connectivity index (χ3n) is 5.21. The zero-order chi connectivity index (χ0) is 20.4. The summed E-state index contributed by atoms with van der Waals surface area (Å²) in [6.07, 6.45) is 2.05. The molecule has 29 heavy (non-hydrogen) atoms. The molecule has 6 heteroatoms. The highest BCUT2D eigenvalue weighted by Crippen LogP contribution is 2.32. The fourth-order valence-electron chi connectivity index (χ4n) is 3.77. The topological polar surface area (TPSA) is 101 Å². The molecule has 0 aromatic heterocycles. The predicted octanol–water partition coefficient (Wildman–Crippen LogP) is 2.08. The van der Waals surface area contributed by atoms with E-state index >= 15 is 0 Å². The van der Waals surface area contributed by atoms with Crippen LogP contribution in [0.2, 0.25) is 0 Å². The van der Waals surface area contributed by atoms with Crippen molar-refractivity contribution in [2.75, 3.05) is 6.54 Å². The van der Waals surface area contributed by atoms with Crippen molar-refractivity contribution in [3.8, 4) is 0 Å². The second-order valence-corrected chi connectivity index (χ2v) is 7.14. The van der Waals surface area contributed by atoms with E-state index < -0.39 is 5.91 Å². The van der Waals surface area contributed by atoms with Crippen LogP contribution in [0.3, 0.4) is 0 Å². The lowest BCUT2D eigenvalue weighted by molar-refractivity contribution is -0.117. The van der Waals surface area contributed by atoms with Gasteiger partial charge in [0.25, 0.3) is 11.8 Å². The molecule has 0 unspecified atom stereocenters. The maximum absolute atomic E-state index is 12.8. The highest BCUT2D eigenvalue weighted by Gasteiger charge is 2.18. The van der Waals surface area contributed by atoms with Gasteiger partial charge in [0.15, 0.2) is 0 Å². The van der Waals surface area contributed by atoms with Gasteiger partial charge in [-0.2, -0.15) is 0 Å². The number of amides is 3. The van der Waals surface area contributed by atoms with Crippen molar-refractivity contribution in [1.29, 1.82) is 0 Å². The second kappa shape index (κ2) is 7.75. The number of carbonyl (C=O) groups excluding carboxylic acids is 3. The number of hydrogen-bond donors (Lipinski definition) is 3. The van der Waals surface area contributed by atoms with Gasteiger partial charge in [0.2, 0.25) is 5.91 Å². The zero-order valence-electron chi connectivity index (χ0n) is 15.8. The average Bonchev–Trinajstić information content (AvgIpc) is 3.16. The predicted molar refractivity (Wildman–Crippen MR) is 110 cm³/mol. The lowest BCUT2D eigenvalue weighted by atomic mass is 9.99. The van der Waals surface area contributed by atoms with E-state index in [0.29, 0.717) is 17.7 Å². The highest BCUT2D eigenvalue weighted by atomic mass is 16.2. The van der Waals surface area contributed by atoms with E-state index in [4.69, 9.17) is 5.73 Å². The summed E-state index contributed by atoms with van der Waals surface area (Å²) in [5.41, 5.74) is 9.60. The summed E-state index contributed by atoms with van der Waals surface area (Å²) < 4.78 is 0. The van der Waals surface area contributed by atoms with Crippen LogP contribution < -0.4 is 16.4 Å². The molecule has 0 aliphatic heterocycles. The van der Waals surface area contributed by atoms with Crippen LogP contribution >= 0.6 is 0 Å². The van der Waals surface area contributed by atoms with E-state index in [2.05, 4.69) is 16.7 Å². The lowest BCUT2D eigenvalue weighted by Gasteiger charge is -2.10. The van der Waals surface area contributed by atoms with Crippen LogP contribution in [0.4, 0.5) is 0 Å². The molecular weight excluding hydrogens is 366 g/mol. The molecule has 0 fully saturated rings. The summed E-state index contributed by atoms with van der Waals surface area (Å²) in [5.74, 6) is -1.09. The number of carbonyl (C=O) groups is 3. The summed E-state index contributed by atoms with van der Waals surface area (Å²) >= 11 is 0. The van der Waals surface area contributed by atoms with E-state index in [-0.39, 0.29) is 18.4 Å². The van der Waals surface area contributed by atoms with E-state index in [1.807, 2.05) is 24.3 Å². The molecule has 3 aromatic rings. The standard InChI is InChI=1S/C23H21N3O3/c24-20(27)13-26-22(28)17-6-4-14(5-7-17)12-25-23(29)19-11-10-16-9-8-15-2-1-3-18(19)21(15)16/h1-7,10-11H,8-9,12-13H2,(H2,24,27)(H,25,29)(H,26,28). The lowest BCUT2D eigenvalue weighted by Crippen LogP contribution is -2.33.